The summed E-state index contributed by atoms with van der Waals surface area (Å²) < 4.78 is 4.80. The van der Waals surface area contributed by atoms with Gasteiger partial charge in [0.1, 0.15) is 6.61 Å². The molecule has 0 fully saturated rings. The Morgan fingerprint density at radius 1 is 1.36 bits per heavy atom. The van der Waals surface area contributed by atoms with Gasteiger partial charge < -0.3 is 21.5 Å². The van der Waals surface area contributed by atoms with Crippen LogP contribution in [0.25, 0.3) is 0 Å². The van der Waals surface area contributed by atoms with Crippen molar-refractivity contribution in [1.82, 2.24) is 5.32 Å². The van der Waals surface area contributed by atoms with Crippen LogP contribution >= 0.6 is 12.2 Å². The Balaban J connectivity index is 3.32. The maximum absolute atomic E-state index is 10.9. The molecule has 0 aromatic carbocycles. The van der Waals surface area contributed by atoms with Gasteiger partial charge in [0.05, 0.1) is 18.0 Å². The summed E-state index contributed by atoms with van der Waals surface area (Å²) in [6.45, 7) is 0.381. The predicted octanol–water partition coefficient (Wildman–Crippen LogP) is -1.72. The summed E-state index contributed by atoms with van der Waals surface area (Å²) in [5.41, 5.74) is 9.96. The molecule has 0 atom stereocenters. The van der Waals surface area contributed by atoms with Crippen LogP contribution in [-0.2, 0) is 14.3 Å². The molecule has 0 bridgehead atoms. The molecule has 2 amide bonds. The molecule has 0 spiro atoms. The van der Waals surface area contributed by atoms with Crippen molar-refractivity contribution >= 4 is 29.0 Å². The lowest BCUT2D eigenvalue weighted by Crippen LogP contribution is -2.31. The second-order valence-corrected chi connectivity index (χ2v) is 3.04. The van der Waals surface area contributed by atoms with Gasteiger partial charge in [-0.3, -0.25) is 9.59 Å². The van der Waals surface area contributed by atoms with Crippen LogP contribution in [0.4, 0.5) is 0 Å². The smallest absolute Gasteiger partial charge is 0.243 e. The van der Waals surface area contributed by atoms with Crippen LogP contribution in [-0.4, -0.2) is 36.6 Å². The van der Waals surface area contributed by atoms with Crippen molar-refractivity contribution in [2.75, 3.05) is 19.8 Å². The van der Waals surface area contributed by atoms with Crippen LogP contribution in [0.3, 0.4) is 0 Å². The molecule has 0 aliphatic rings. The average molecular weight is 219 g/mol. The van der Waals surface area contributed by atoms with Crippen LogP contribution in [0.1, 0.15) is 6.42 Å². The fraction of sp³-hybridized carbons (Fsp3) is 0.571. The summed E-state index contributed by atoms with van der Waals surface area (Å²) in [6, 6.07) is 0. The molecule has 0 unspecified atom stereocenters. The molecule has 80 valence electrons. The van der Waals surface area contributed by atoms with E-state index in [0.29, 0.717) is 6.54 Å². The number of carbonyl (C=O) groups is 2. The summed E-state index contributed by atoms with van der Waals surface area (Å²) in [4.78, 5) is 21.3. The number of amides is 2. The van der Waals surface area contributed by atoms with Crippen molar-refractivity contribution in [3.05, 3.63) is 0 Å². The summed E-state index contributed by atoms with van der Waals surface area (Å²) in [5.74, 6) is -0.806. The van der Waals surface area contributed by atoms with E-state index >= 15 is 0 Å². The number of carbonyl (C=O) groups excluding carboxylic acids is 2. The number of nitrogens with two attached hydrogens (primary N) is 2. The zero-order valence-electron chi connectivity index (χ0n) is 7.62. The molecular formula is C7H13N3O3S. The number of hydrogen-bond donors (Lipinski definition) is 3. The summed E-state index contributed by atoms with van der Waals surface area (Å²) in [5, 5.41) is 2.50. The van der Waals surface area contributed by atoms with E-state index in [4.69, 9.17) is 16.2 Å². The third-order valence-corrected chi connectivity index (χ3v) is 1.29. The first-order valence-corrected chi connectivity index (χ1v) is 4.34. The summed E-state index contributed by atoms with van der Waals surface area (Å²) in [6.07, 6.45) is 0.0190. The number of ether oxygens (including phenoxy) is 1. The third-order valence-electron chi connectivity index (χ3n) is 1.15. The molecule has 5 N–H and O–H groups in total. The van der Waals surface area contributed by atoms with E-state index in [0.717, 1.165) is 0 Å². The molecule has 14 heavy (non-hydrogen) atoms. The van der Waals surface area contributed by atoms with Gasteiger partial charge in [0.15, 0.2) is 0 Å². The lowest BCUT2D eigenvalue weighted by atomic mass is 10.4. The second kappa shape index (κ2) is 7.22. The number of nitrogens with one attached hydrogen (secondary N) is 1. The van der Waals surface area contributed by atoms with Gasteiger partial charge in [-0.1, -0.05) is 12.2 Å². The molecule has 0 aliphatic carbocycles. The van der Waals surface area contributed by atoms with Crippen molar-refractivity contribution in [2.45, 2.75) is 6.42 Å². The molecule has 6 nitrogen and oxygen atoms in total. The molecular weight excluding hydrogens is 206 g/mol. The van der Waals surface area contributed by atoms with Gasteiger partial charge >= 0.3 is 0 Å². The molecule has 0 aromatic rings. The van der Waals surface area contributed by atoms with Crippen molar-refractivity contribution in [2.24, 2.45) is 11.5 Å². The average Bonchev–Trinajstić information content (AvgIpc) is 2.01. The molecule has 0 radical (unpaired) electrons. The van der Waals surface area contributed by atoms with E-state index in [1.165, 1.54) is 0 Å². The number of thiocarbonyl (C=S) groups is 1. The van der Waals surface area contributed by atoms with Gasteiger partial charge in [0, 0.05) is 6.54 Å². The highest BCUT2D eigenvalue weighted by Gasteiger charge is 2.01. The van der Waals surface area contributed by atoms with Gasteiger partial charge in [0.25, 0.3) is 0 Å². The van der Waals surface area contributed by atoms with E-state index in [1.54, 1.807) is 0 Å². The Labute approximate surface area is 87.0 Å². The minimum absolute atomic E-state index is 0.0190. The molecule has 0 rings (SSSR count). The van der Waals surface area contributed by atoms with E-state index in [2.05, 4.69) is 17.5 Å². The lowest BCUT2D eigenvalue weighted by Gasteiger charge is -2.04. The number of hydrogen-bond acceptors (Lipinski definition) is 4. The van der Waals surface area contributed by atoms with Gasteiger partial charge in [-0.25, -0.2) is 0 Å². The fourth-order valence-electron chi connectivity index (χ4n) is 0.656. The number of primary amides is 1. The quantitative estimate of drug-likeness (QED) is 0.349. The highest BCUT2D eigenvalue weighted by molar-refractivity contribution is 7.80. The summed E-state index contributed by atoms with van der Waals surface area (Å²) in [7, 11) is 0. The standard InChI is InChI=1S/C7H13N3O3S/c8-5(11)4-13-2-1-10-7(12)3-6(9)14/h1-4H2,(H2,8,11)(H2,9,14)(H,10,12). The Bertz CT molecular complexity index is 232. The van der Waals surface area contributed by atoms with E-state index in [9.17, 15) is 9.59 Å². The minimum atomic E-state index is -0.542. The molecule has 0 saturated heterocycles. The Kier molecular flexibility index (Phi) is 6.59. The predicted molar refractivity (Wildman–Crippen MR) is 54.4 cm³/mol. The van der Waals surface area contributed by atoms with Gasteiger partial charge in [-0.05, 0) is 0 Å². The Morgan fingerprint density at radius 3 is 2.50 bits per heavy atom. The lowest BCUT2D eigenvalue weighted by molar-refractivity contribution is -0.122. The SMILES string of the molecule is NC(=O)COCCNC(=O)CC(N)=S. The largest absolute Gasteiger partial charge is 0.393 e. The van der Waals surface area contributed by atoms with Crippen molar-refractivity contribution in [1.29, 1.82) is 0 Å². The molecule has 0 heterocycles. The van der Waals surface area contributed by atoms with Gasteiger partial charge in [0.2, 0.25) is 11.8 Å². The van der Waals surface area contributed by atoms with E-state index < -0.39 is 5.91 Å². The number of rotatable bonds is 7. The van der Waals surface area contributed by atoms with Crippen molar-refractivity contribution in [3.8, 4) is 0 Å². The molecule has 0 saturated carbocycles. The van der Waals surface area contributed by atoms with Crippen LogP contribution in [0.2, 0.25) is 0 Å². The first-order valence-electron chi connectivity index (χ1n) is 3.93. The summed E-state index contributed by atoms with van der Waals surface area (Å²) >= 11 is 4.53. The van der Waals surface area contributed by atoms with Crippen LogP contribution in [0.5, 0.6) is 0 Å². The maximum atomic E-state index is 10.9. The Hall–Kier alpha value is -1.21. The monoisotopic (exact) mass is 219 g/mol. The van der Waals surface area contributed by atoms with Crippen LogP contribution < -0.4 is 16.8 Å². The molecule has 0 aliphatic heterocycles. The highest BCUT2D eigenvalue weighted by Crippen LogP contribution is 1.80. The zero-order valence-corrected chi connectivity index (χ0v) is 8.43. The van der Waals surface area contributed by atoms with Crippen molar-refractivity contribution < 1.29 is 14.3 Å². The first-order chi connectivity index (χ1) is 6.52. The van der Waals surface area contributed by atoms with E-state index in [1.807, 2.05) is 0 Å². The molecule has 7 heteroatoms. The van der Waals surface area contributed by atoms with Crippen LogP contribution in [0, 0.1) is 0 Å². The highest BCUT2D eigenvalue weighted by atomic mass is 32.1. The third kappa shape index (κ3) is 8.88. The van der Waals surface area contributed by atoms with E-state index in [-0.39, 0.29) is 30.5 Å². The first kappa shape index (κ1) is 12.8. The second-order valence-electron chi connectivity index (χ2n) is 2.51. The fourth-order valence-corrected chi connectivity index (χ4v) is 0.787. The zero-order chi connectivity index (χ0) is 11.0. The minimum Gasteiger partial charge on any atom is -0.393 e. The maximum Gasteiger partial charge on any atom is 0.243 e. The van der Waals surface area contributed by atoms with Gasteiger partial charge in [-0.2, -0.15) is 0 Å². The Morgan fingerprint density at radius 2 is 2.00 bits per heavy atom. The van der Waals surface area contributed by atoms with Gasteiger partial charge in [-0.15, -0.1) is 0 Å². The molecule has 0 aromatic heterocycles. The topological polar surface area (TPSA) is 107 Å². The normalized spacial score (nSPS) is 9.43. The van der Waals surface area contributed by atoms with Crippen LogP contribution in [0.15, 0.2) is 0 Å². The van der Waals surface area contributed by atoms with Crippen molar-refractivity contribution in [3.63, 3.8) is 0 Å².